The summed E-state index contributed by atoms with van der Waals surface area (Å²) in [4.78, 5) is 34.2. The molecule has 2 heterocycles. The van der Waals surface area contributed by atoms with Gasteiger partial charge in [-0.25, -0.2) is 9.36 Å². The van der Waals surface area contributed by atoms with Gasteiger partial charge < -0.3 is 0 Å². The van der Waals surface area contributed by atoms with Crippen molar-refractivity contribution < 1.29 is 0 Å². The first-order valence-corrected chi connectivity index (χ1v) is 11.1. The highest BCUT2D eigenvalue weighted by Gasteiger charge is 2.11. The van der Waals surface area contributed by atoms with Crippen LogP contribution in [-0.4, -0.2) is 45.1 Å². The van der Waals surface area contributed by atoms with E-state index in [0.717, 1.165) is 33.9 Å². The van der Waals surface area contributed by atoms with Crippen molar-refractivity contribution >= 4 is 12.4 Å². The largest absolute Gasteiger partial charge is 0.295 e. The van der Waals surface area contributed by atoms with Crippen LogP contribution in [0.5, 0.6) is 0 Å². The molecular weight excluding hydrogens is 428 g/mol. The molecule has 8 nitrogen and oxygen atoms in total. The van der Waals surface area contributed by atoms with Crippen molar-refractivity contribution in [1.82, 2.24) is 19.6 Å². The molecule has 0 saturated heterocycles. The van der Waals surface area contributed by atoms with Crippen LogP contribution < -0.4 is 11.1 Å². The van der Waals surface area contributed by atoms with Crippen LogP contribution in [0.1, 0.15) is 33.6 Å². The van der Waals surface area contributed by atoms with E-state index in [1.807, 2.05) is 76.2 Å². The number of aliphatic imine (C=N–C) groups is 2. The van der Waals surface area contributed by atoms with Gasteiger partial charge in [0, 0.05) is 23.8 Å². The highest BCUT2D eigenvalue weighted by molar-refractivity contribution is 5.81. The average Bonchev–Trinajstić information content (AvgIpc) is 3.26. The third-order valence-electron chi connectivity index (χ3n) is 5.62. The normalized spacial score (nSPS) is 11.8. The van der Waals surface area contributed by atoms with Crippen molar-refractivity contribution in [3.63, 3.8) is 0 Å². The van der Waals surface area contributed by atoms with Crippen LogP contribution >= 0.6 is 0 Å². The summed E-state index contributed by atoms with van der Waals surface area (Å²) in [7, 11) is 0. The Morgan fingerprint density at radius 3 is 1.35 bits per heavy atom. The maximum absolute atomic E-state index is 12.8. The van der Waals surface area contributed by atoms with E-state index in [0.29, 0.717) is 24.2 Å². The molecule has 2 aromatic heterocycles. The molecular formula is C26H28N6O2. The Balaban J connectivity index is 1.41. The van der Waals surface area contributed by atoms with Gasteiger partial charge in [-0.2, -0.15) is 0 Å². The first kappa shape index (κ1) is 23.0. The zero-order valence-corrected chi connectivity index (χ0v) is 19.8. The fourth-order valence-corrected chi connectivity index (χ4v) is 3.60. The second kappa shape index (κ2) is 9.74. The van der Waals surface area contributed by atoms with Gasteiger partial charge in [0.05, 0.1) is 35.6 Å². The highest BCUT2D eigenvalue weighted by Crippen LogP contribution is 2.09. The standard InChI is InChI=1S/C26H28N6O2/c1-17-5-9-21(10-6-17)31-25(33)23(19(3)29-31)15-27-13-14-28-16-24-20(4)30-32(26(24)34)22-11-7-18(2)8-12-22/h5-12,15-16,29-30H,13-14H2,1-4H3. The summed E-state index contributed by atoms with van der Waals surface area (Å²) in [6.45, 7) is 8.51. The van der Waals surface area contributed by atoms with Crippen molar-refractivity contribution in [3.05, 3.63) is 103 Å². The Hall–Kier alpha value is -4.20. The molecule has 0 saturated carbocycles. The zero-order valence-electron chi connectivity index (χ0n) is 19.8. The molecule has 0 amide bonds. The van der Waals surface area contributed by atoms with Gasteiger partial charge in [-0.15, -0.1) is 0 Å². The molecule has 4 rings (SSSR count). The van der Waals surface area contributed by atoms with Crippen molar-refractivity contribution in [3.8, 4) is 11.4 Å². The van der Waals surface area contributed by atoms with Crippen LogP contribution in [0.25, 0.3) is 11.4 Å². The van der Waals surface area contributed by atoms with Gasteiger partial charge in [-0.3, -0.25) is 29.8 Å². The van der Waals surface area contributed by atoms with Gasteiger partial charge in [0.1, 0.15) is 0 Å². The fourth-order valence-electron chi connectivity index (χ4n) is 3.60. The summed E-state index contributed by atoms with van der Waals surface area (Å²) in [6.07, 6.45) is 3.17. The first-order valence-electron chi connectivity index (χ1n) is 11.1. The van der Waals surface area contributed by atoms with Gasteiger partial charge in [-0.1, -0.05) is 35.4 Å². The Morgan fingerprint density at radius 2 is 1.00 bits per heavy atom. The first-order chi connectivity index (χ1) is 16.3. The number of hydrogen-bond donors (Lipinski definition) is 2. The number of rotatable bonds is 7. The third-order valence-corrected chi connectivity index (χ3v) is 5.62. The smallest absolute Gasteiger partial charge is 0.280 e. The Kier molecular flexibility index (Phi) is 6.58. The average molecular weight is 457 g/mol. The zero-order chi connectivity index (χ0) is 24.2. The second-order valence-corrected chi connectivity index (χ2v) is 8.32. The maximum Gasteiger partial charge on any atom is 0.280 e. The minimum atomic E-state index is -0.145. The number of aryl methyl sites for hydroxylation is 4. The van der Waals surface area contributed by atoms with E-state index in [1.165, 1.54) is 9.36 Å². The van der Waals surface area contributed by atoms with E-state index in [2.05, 4.69) is 20.2 Å². The second-order valence-electron chi connectivity index (χ2n) is 8.32. The molecule has 0 unspecified atom stereocenters. The van der Waals surface area contributed by atoms with Crippen LogP contribution in [-0.2, 0) is 0 Å². The molecule has 0 radical (unpaired) electrons. The molecule has 4 aromatic rings. The molecule has 0 spiro atoms. The van der Waals surface area contributed by atoms with Crippen LogP contribution in [0.2, 0.25) is 0 Å². The number of hydrogen-bond acceptors (Lipinski definition) is 4. The van der Waals surface area contributed by atoms with Gasteiger partial charge in [-0.05, 0) is 52.0 Å². The van der Waals surface area contributed by atoms with Crippen molar-refractivity contribution in [1.29, 1.82) is 0 Å². The number of aromatic amines is 2. The maximum atomic E-state index is 12.8. The summed E-state index contributed by atoms with van der Waals surface area (Å²) < 4.78 is 3.03. The molecule has 2 N–H and O–H groups in total. The number of aromatic nitrogens is 4. The van der Waals surface area contributed by atoms with E-state index in [1.54, 1.807) is 12.4 Å². The Labute approximate surface area is 197 Å². The molecule has 0 aliphatic heterocycles. The van der Waals surface area contributed by atoms with Gasteiger partial charge >= 0.3 is 0 Å². The van der Waals surface area contributed by atoms with Crippen LogP contribution in [0.4, 0.5) is 0 Å². The fraction of sp³-hybridized carbons (Fsp3) is 0.231. The quantitative estimate of drug-likeness (QED) is 0.329. The van der Waals surface area contributed by atoms with Crippen LogP contribution in [0.15, 0.2) is 68.1 Å². The molecule has 0 fully saturated rings. The SMILES string of the molecule is Cc1ccc(-n2[nH]c(C)c(C=NCCN=Cc3c(C)[nH]n(-c4ccc(C)cc4)c3=O)c2=O)cc1. The Morgan fingerprint density at radius 1 is 0.647 bits per heavy atom. The molecule has 0 bridgehead atoms. The van der Waals surface area contributed by atoms with Gasteiger partial charge in [0.15, 0.2) is 0 Å². The molecule has 34 heavy (non-hydrogen) atoms. The lowest BCUT2D eigenvalue weighted by molar-refractivity contribution is 0.835. The van der Waals surface area contributed by atoms with Crippen LogP contribution in [0, 0.1) is 27.7 Å². The summed E-state index contributed by atoms with van der Waals surface area (Å²) in [5.74, 6) is 0. The number of H-pyrrole nitrogens is 2. The van der Waals surface area contributed by atoms with Crippen LogP contribution in [0.3, 0.4) is 0 Å². The number of nitrogens with zero attached hydrogens (tertiary/aromatic N) is 4. The predicted molar refractivity (Wildman–Crippen MR) is 137 cm³/mol. The molecule has 174 valence electrons. The van der Waals surface area contributed by atoms with E-state index < -0.39 is 0 Å². The van der Waals surface area contributed by atoms with Gasteiger partial charge in [0.2, 0.25) is 0 Å². The van der Waals surface area contributed by atoms with E-state index in [9.17, 15) is 9.59 Å². The summed E-state index contributed by atoms with van der Waals surface area (Å²) in [5, 5.41) is 6.19. The lowest BCUT2D eigenvalue weighted by Gasteiger charge is -2.01. The summed E-state index contributed by atoms with van der Waals surface area (Å²) in [5.41, 5.74) is 6.06. The summed E-state index contributed by atoms with van der Waals surface area (Å²) >= 11 is 0. The summed E-state index contributed by atoms with van der Waals surface area (Å²) in [6, 6.07) is 15.5. The lowest BCUT2D eigenvalue weighted by atomic mass is 10.2. The molecule has 0 atom stereocenters. The number of benzene rings is 2. The topological polar surface area (TPSA) is 100 Å². The van der Waals surface area contributed by atoms with E-state index in [4.69, 9.17) is 0 Å². The predicted octanol–water partition coefficient (Wildman–Crippen LogP) is 3.42. The Bertz CT molecular complexity index is 1350. The van der Waals surface area contributed by atoms with Crippen molar-refractivity contribution in [2.75, 3.05) is 13.1 Å². The van der Waals surface area contributed by atoms with E-state index >= 15 is 0 Å². The van der Waals surface area contributed by atoms with Gasteiger partial charge in [0.25, 0.3) is 11.1 Å². The third kappa shape index (κ3) is 4.76. The van der Waals surface area contributed by atoms with Crippen molar-refractivity contribution in [2.45, 2.75) is 27.7 Å². The molecule has 2 aromatic carbocycles. The minimum Gasteiger partial charge on any atom is -0.295 e. The molecule has 0 aliphatic carbocycles. The number of nitrogens with one attached hydrogen (secondary N) is 2. The monoisotopic (exact) mass is 456 g/mol. The lowest BCUT2D eigenvalue weighted by Crippen LogP contribution is -2.17. The molecule has 8 heteroatoms. The van der Waals surface area contributed by atoms with Crippen molar-refractivity contribution in [2.24, 2.45) is 9.98 Å². The minimum absolute atomic E-state index is 0.145. The highest BCUT2D eigenvalue weighted by atomic mass is 16.1. The molecule has 0 aliphatic rings. The van der Waals surface area contributed by atoms with E-state index in [-0.39, 0.29) is 11.1 Å².